The Morgan fingerprint density at radius 3 is 0.912 bits per heavy atom. The van der Waals surface area contributed by atoms with Crippen LogP contribution in [-0.2, 0) is 5.41 Å². The SMILES string of the molecule is CCCC12CC3CC(N)(C1)CC(C1CCCCC1)(C3)C2.CCCC12CC3CC(N)(C1)CC(c1ccccc1)(C3)C2.CCCCC12CC3CC(N)(C1)CC(C1CCCCC1)(C3)C2.CCCCCC12CC3CC(N)(CC(CCCC)(C3)C1)C2.CCCCCCC12CC3CC(N)(CC(CCCC)(C3)C1)C2. The Hall–Kier alpha value is -0.980. The van der Waals surface area contributed by atoms with Gasteiger partial charge < -0.3 is 28.7 Å². The highest BCUT2D eigenvalue weighted by molar-refractivity contribution is 5.33. The van der Waals surface area contributed by atoms with Gasteiger partial charge in [0.15, 0.2) is 0 Å². The van der Waals surface area contributed by atoms with Crippen molar-refractivity contribution >= 4 is 0 Å². The third-order valence-corrected chi connectivity index (χ3v) is 35.4. The fraction of sp³-hybridized carbons (Fsp3) is 0.938. The quantitative estimate of drug-likeness (QED) is 0.0623. The molecule has 22 aliphatic carbocycles. The molecule has 5 heteroatoms. The molecule has 5 nitrogen and oxygen atoms in total. The summed E-state index contributed by atoms with van der Waals surface area (Å²) in [5.41, 5.74) is 43.3. The van der Waals surface area contributed by atoms with Crippen molar-refractivity contribution in [2.75, 3.05) is 0 Å². The minimum Gasteiger partial charge on any atom is -0.325 e. The summed E-state index contributed by atoms with van der Waals surface area (Å²) in [5.74, 6) is 6.82. The number of hydrogen-bond acceptors (Lipinski definition) is 5. The van der Waals surface area contributed by atoms with Crippen molar-refractivity contribution < 1.29 is 0 Å². The van der Waals surface area contributed by atoms with Gasteiger partial charge in [0.1, 0.15) is 0 Å². The predicted octanol–water partition coefficient (Wildman–Crippen LogP) is 26.1. The van der Waals surface area contributed by atoms with Crippen LogP contribution in [0, 0.1) is 90.2 Å². The number of unbranched alkanes of at least 4 members (excludes halogenated alkanes) is 8. The van der Waals surface area contributed by atoms with Gasteiger partial charge in [-0.25, -0.2) is 0 Å². The zero-order valence-electron chi connectivity index (χ0n) is 68.7. The fourth-order valence-corrected chi connectivity index (χ4v) is 36.0. The van der Waals surface area contributed by atoms with Crippen molar-refractivity contribution in [1.82, 2.24) is 0 Å². The van der Waals surface area contributed by atoms with Crippen LogP contribution >= 0.6 is 0 Å². The third kappa shape index (κ3) is 16.2. The molecule has 20 unspecified atom stereocenters. The first-order valence-corrected chi connectivity index (χ1v) is 46.8. The molecule has 0 aliphatic heterocycles. The summed E-state index contributed by atoms with van der Waals surface area (Å²) in [6, 6.07) is 11.3. The average molecular weight is 1400 g/mol. The maximum Gasteiger partial charge on any atom is 0.0170 e. The Bertz CT molecular complexity index is 2890. The van der Waals surface area contributed by atoms with Gasteiger partial charge in [-0.1, -0.05) is 214 Å². The normalized spacial score (nSPS) is 47.5. The second-order valence-corrected chi connectivity index (χ2v) is 45.5. The third-order valence-electron chi connectivity index (χ3n) is 35.4. The van der Waals surface area contributed by atoms with Crippen molar-refractivity contribution in [2.45, 2.75) is 480 Å². The molecule has 0 amide bonds. The van der Waals surface area contributed by atoms with E-state index in [-0.39, 0.29) is 27.7 Å². The molecule has 22 fully saturated rings. The molecule has 102 heavy (non-hydrogen) atoms. The van der Waals surface area contributed by atoms with Gasteiger partial charge in [-0.05, 0) is 364 Å². The molecule has 1 aromatic rings. The van der Waals surface area contributed by atoms with E-state index in [9.17, 15) is 0 Å². The molecule has 0 spiro atoms. The first kappa shape index (κ1) is 77.7. The van der Waals surface area contributed by atoms with E-state index in [1.54, 1.807) is 31.2 Å². The maximum absolute atomic E-state index is 6.97. The smallest absolute Gasteiger partial charge is 0.0170 e. The Labute approximate surface area is 630 Å². The summed E-state index contributed by atoms with van der Waals surface area (Å²) in [6.07, 6.45) is 88.9. The van der Waals surface area contributed by atoms with E-state index >= 15 is 0 Å². The van der Waals surface area contributed by atoms with Gasteiger partial charge in [-0.15, -0.1) is 0 Å². The predicted molar refractivity (Wildman–Crippen MR) is 435 cm³/mol. The zero-order chi connectivity index (χ0) is 71.5. The van der Waals surface area contributed by atoms with Crippen LogP contribution in [0.4, 0.5) is 0 Å². The Balaban J connectivity index is 0.000000108. The van der Waals surface area contributed by atoms with Crippen molar-refractivity contribution in [2.24, 2.45) is 119 Å². The van der Waals surface area contributed by atoms with E-state index < -0.39 is 0 Å². The van der Waals surface area contributed by atoms with Gasteiger partial charge in [0.25, 0.3) is 0 Å². The summed E-state index contributed by atoms with van der Waals surface area (Å²) in [5, 5.41) is 0. The molecule has 0 aromatic heterocycles. The summed E-state index contributed by atoms with van der Waals surface area (Å²) in [4.78, 5) is 0. The van der Waals surface area contributed by atoms with Gasteiger partial charge in [0, 0.05) is 27.7 Å². The minimum absolute atomic E-state index is 0.129. The Kier molecular flexibility index (Phi) is 23.1. The summed E-state index contributed by atoms with van der Waals surface area (Å²) in [6.45, 7) is 16.4. The molecular weight excluding hydrogens is 1240 g/mol. The molecule has 0 radical (unpaired) electrons. The van der Waals surface area contributed by atoms with E-state index in [2.05, 4.69) is 78.8 Å². The molecule has 23 rings (SSSR count). The summed E-state index contributed by atoms with van der Waals surface area (Å²) in [7, 11) is 0. The lowest BCUT2D eigenvalue weighted by Crippen LogP contribution is -2.65. The van der Waals surface area contributed by atoms with Gasteiger partial charge in [-0.3, -0.25) is 0 Å². The van der Waals surface area contributed by atoms with Crippen LogP contribution in [0.3, 0.4) is 0 Å². The van der Waals surface area contributed by atoms with E-state index in [0.29, 0.717) is 54.1 Å². The van der Waals surface area contributed by atoms with Crippen LogP contribution in [0.1, 0.15) is 452 Å². The molecule has 1 aromatic carbocycles. The standard InChI is InChI=1S/C20H35N.C20H37N.C19H33N.C19H27N.C19H35N/c1-2-3-9-18-10-16-11-19(13-18,15-20(21,12-16)14-18)17-7-5-4-6-8-17;1-3-5-7-8-10-19-12-17-11-18(14-19,9-6-4-2)15-20(21,13-17)16-19;2*1-2-8-17-9-15-10-18(12-17,14-19(20,11-15)13-17)16-6-4-3-5-7-16;1-3-5-7-9-18-11-16-10-17(13-18,8-6-4-2)14-19(20,12-16)15-18/h16-17H,2-15,21H2,1H3;17H,3-16,21H2,1-2H3;15-16H,2-14,20H2,1H3;3-7,15H,2,8-14,20H2,1H3;16H,3-15,20H2,1-2H3. The molecular formula is C97H167N5. The average Bonchev–Trinajstić information content (AvgIpc) is 0.710. The van der Waals surface area contributed by atoms with Crippen molar-refractivity contribution in [1.29, 1.82) is 0 Å². The monoisotopic (exact) mass is 1400 g/mol. The number of nitrogens with two attached hydrogens (primary N) is 5. The maximum atomic E-state index is 6.97. The van der Waals surface area contributed by atoms with Crippen LogP contribution in [0.2, 0.25) is 0 Å². The van der Waals surface area contributed by atoms with Crippen LogP contribution in [-0.4, -0.2) is 27.7 Å². The lowest BCUT2D eigenvalue weighted by molar-refractivity contribution is -0.154. The summed E-state index contributed by atoms with van der Waals surface area (Å²) < 4.78 is 0. The van der Waals surface area contributed by atoms with Crippen molar-refractivity contribution in [3.63, 3.8) is 0 Å². The molecule has 22 aliphatic rings. The molecule has 20 bridgehead atoms. The van der Waals surface area contributed by atoms with Crippen LogP contribution in [0.15, 0.2) is 30.3 Å². The molecule has 0 saturated heterocycles. The van der Waals surface area contributed by atoms with Gasteiger partial charge in [0.05, 0.1) is 0 Å². The minimum atomic E-state index is 0.129. The highest BCUT2D eigenvalue weighted by Crippen LogP contribution is 2.75. The van der Waals surface area contributed by atoms with Gasteiger partial charge >= 0.3 is 0 Å². The zero-order valence-corrected chi connectivity index (χ0v) is 68.7. The largest absolute Gasteiger partial charge is 0.325 e. The van der Waals surface area contributed by atoms with Crippen molar-refractivity contribution in [3.05, 3.63) is 35.9 Å². The van der Waals surface area contributed by atoms with Gasteiger partial charge in [-0.2, -0.15) is 0 Å². The Morgan fingerprint density at radius 2 is 0.559 bits per heavy atom. The van der Waals surface area contributed by atoms with Crippen LogP contribution in [0.5, 0.6) is 0 Å². The van der Waals surface area contributed by atoms with Crippen LogP contribution in [0.25, 0.3) is 0 Å². The van der Waals surface area contributed by atoms with E-state index in [1.807, 2.05) is 0 Å². The molecule has 580 valence electrons. The molecule has 0 heterocycles. The van der Waals surface area contributed by atoms with Crippen LogP contribution < -0.4 is 28.7 Å². The molecule has 20 atom stereocenters. The lowest BCUT2D eigenvalue weighted by atomic mass is 9.38. The highest BCUT2D eigenvalue weighted by atomic mass is 14.9. The van der Waals surface area contributed by atoms with E-state index in [1.165, 1.54) is 372 Å². The summed E-state index contributed by atoms with van der Waals surface area (Å²) >= 11 is 0. The number of benzene rings is 1. The van der Waals surface area contributed by atoms with Gasteiger partial charge in [0.2, 0.25) is 0 Å². The lowest BCUT2D eigenvalue weighted by Gasteiger charge is -2.68. The fourth-order valence-electron chi connectivity index (χ4n) is 36.0. The topological polar surface area (TPSA) is 130 Å². The second kappa shape index (κ2) is 30.3. The highest BCUT2D eigenvalue weighted by Gasteiger charge is 2.68. The van der Waals surface area contributed by atoms with Crippen molar-refractivity contribution in [3.8, 4) is 0 Å². The first-order valence-electron chi connectivity index (χ1n) is 46.8. The molecule has 10 N–H and O–H groups in total. The molecule has 22 saturated carbocycles. The Morgan fingerprint density at radius 1 is 0.255 bits per heavy atom. The first-order chi connectivity index (χ1) is 48.8. The second-order valence-electron chi connectivity index (χ2n) is 45.5. The van der Waals surface area contributed by atoms with E-state index in [0.717, 1.165) is 41.4 Å². The number of hydrogen-bond donors (Lipinski definition) is 5. The van der Waals surface area contributed by atoms with E-state index in [4.69, 9.17) is 28.7 Å². The number of rotatable bonds is 25.